The molecule has 0 bridgehead atoms. The molecule has 30 heavy (non-hydrogen) atoms. The van der Waals surface area contributed by atoms with Gasteiger partial charge in [0.25, 0.3) is 0 Å². The molecule has 0 aliphatic carbocycles. The molecular formula is C24H29N3O3. The highest BCUT2D eigenvalue weighted by Gasteiger charge is 2.23. The van der Waals surface area contributed by atoms with E-state index in [0.717, 1.165) is 13.0 Å². The number of urea groups is 1. The maximum Gasteiger partial charge on any atom is 0.322 e. The van der Waals surface area contributed by atoms with Crippen molar-refractivity contribution >= 4 is 22.6 Å². The Morgan fingerprint density at radius 3 is 2.70 bits per heavy atom. The lowest BCUT2D eigenvalue weighted by Crippen LogP contribution is -2.35. The number of amides is 2. The van der Waals surface area contributed by atoms with Crippen molar-refractivity contribution in [1.29, 1.82) is 0 Å². The van der Waals surface area contributed by atoms with Crippen molar-refractivity contribution in [2.75, 3.05) is 26.1 Å². The highest BCUT2D eigenvalue weighted by atomic mass is 16.5. The number of rotatable bonds is 5. The lowest BCUT2D eigenvalue weighted by atomic mass is 10.1. The average Bonchev–Trinajstić information content (AvgIpc) is 2.96. The van der Waals surface area contributed by atoms with Crippen molar-refractivity contribution in [3.8, 4) is 11.5 Å². The summed E-state index contributed by atoms with van der Waals surface area (Å²) in [6, 6.07) is 11.7. The molecule has 0 radical (unpaired) electrons. The molecule has 6 heteroatoms. The molecule has 1 aliphatic heterocycles. The van der Waals surface area contributed by atoms with E-state index in [9.17, 15) is 4.79 Å². The Morgan fingerprint density at radius 1 is 1.13 bits per heavy atom. The molecule has 1 aliphatic rings. The minimum Gasteiger partial charge on any atom is -0.497 e. The van der Waals surface area contributed by atoms with Crippen LogP contribution in [0, 0.1) is 5.92 Å². The molecule has 0 atom stereocenters. The van der Waals surface area contributed by atoms with Crippen molar-refractivity contribution in [3.63, 3.8) is 0 Å². The molecule has 2 heterocycles. The summed E-state index contributed by atoms with van der Waals surface area (Å²) in [6.07, 6.45) is 3.11. The Bertz CT molecular complexity index is 1070. The van der Waals surface area contributed by atoms with Gasteiger partial charge in [-0.1, -0.05) is 26.0 Å². The molecule has 2 amide bonds. The van der Waals surface area contributed by atoms with E-state index in [0.29, 0.717) is 36.2 Å². The van der Waals surface area contributed by atoms with Gasteiger partial charge >= 0.3 is 6.03 Å². The van der Waals surface area contributed by atoms with Crippen LogP contribution in [-0.4, -0.2) is 36.3 Å². The van der Waals surface area contributed by atoms with Crippen LogP contribution >= 0.6 is 0 Å². The molecular weight excluding hydrogens is 378 g/mol. The van der Waals surface area contributed by atoms with Gasteiger partial charge in [-0.05, 0) is 41.7 Å². The predicted molar refractivity (Wildman–Crippen MR) is 119 cm³/mol. The molecule has 2 aromatic carbocycles. The first-order valence-electron chi connectivity index (χ1n) is 10.4. The third-order valence-corrected chi connectivity index (χ3v) is 5.58. The van der Waals surface area contributed by atoms with Crippen molar-refractivity contribution in [3.05, 3.63) is 53.7 Å². The van der Waals surface area contributed by atoms with Gasteiger partial charge in [0, 0.05) is 42.8 Å². The first-order valence-corrected chi connectivity index (χ1v) is 10.4. The van der Waals surface area contributed by atoms with E-state index in [1.54, 1.807) is 26.4 Å². The zero-order valence-corrected chi connectivity index (χ0v) is 18.1. The van der Waals surface area contributed by atoms with E-state index >= 15 is 0 Å². The Morgan fingerprint density at radius 2 is 1.97 bits per heavy atom. The summed E-state index contributed by atoms with van der Waals surface area (Å²) in [7, 11) is 3.19. The van der Waals surface area contributed by atoms with E-state index in [-0.39, 0.29) is 6.03 Å². The van der Waals surface area contributed by atoms with Gasteiger partial charge in [0.15, 0.2) is 0 Å². The van der Waals surface area contributed by atoms with Crippen molar-refractivity contribution in [2.45, 2.75) is 33.4 Å². The fraction of sp³-hybridized carbons (Fsp3) is 0.375. The topological polar surface area (TPSA) is 55.7 Å². The van der Waals surface area contributed by atoms with E-state index in [1.165, 1.54) is 22.0 Å². The Kier molecular flexibility index (Phi) is 5.57. The van der Waals surface area contributed by atoms with Gasteiger partial charge < -0.3 is 24.3 Å². The van der Waals surface area contributed by atoms with Crippen LogP contribution in [0.2, 0.25) is 0 Å². The lowest BCUT2D eigenvalue weighted by molar-refractivity contribution is 0.210. The molecule has 3 aromatic rings. The van der Waals surface area contributed by atoms with Crippen LogP contribution in [-0.2, 0) is 19.5 Å². The van der Waals surface area contributed by atoms with Crippen LogP contribution in [0.1, 0.15) is 25.0 Å². The van der Waals surface area contributed by atoms with Crippen LogP contribution in [0.5, 0.6) is 11.5 Å². The second-order valence-corrected chi connectivity index (χ2v) is 8.18. The fourth-order valence-electron chi connectivity index (χ4n) is 4.19. The second kappa shape index (κ2) is 8.30. The molecule has 0 spiro atoms. The van der Waals surface area contributed by atoms with Crippen LogP contribution in [0.3, 0.4) is 0 Å². The average molecular weight is 408 g/mol. The molecule has 0 unspecified atom stereocenters. The minimum absolute atomic E-state index is 0.129. The second-order valence-electron chi connectivity index (χ2n) is 8.18. The smallest absolute Gasteiger partial charge is 0.322 e. The molecule has 4 rings (SSSR count). The SMILES string of the molecule is COc1ccc(NC(=O)N2CCc3cn(CC(C)C)c4cccc(c34)C2)c(OC)c1. The summed E-state index contributed by atoms with van der Waals surface area (Å²) in [6.45, 7) is 6.73. The summed E-state index contributed by atoms with van der Waals surface area (Å²) < 4.78 is 13.0. The maximum absolute atomic E-state index is 13.1. The fourth-order valence-corrected chi connectivity index (χ4v) is 4.19. The number of ether oxygens (including phenoxy) is 2. The van der Waals surface area contributed by atoms with Gasteiger partial charge in [-0.25, -0.2) is 4.79 Å². The predicted octanol–water partition coefficient (Wildman–Crippen LogP) is 4.90. The van der Waals surface area contributed by atoms with Crippen LogP contribution in [0.15, 0.2) is 42.6 Å². The van der Waals surface area contributed by atoms with Crippen LogP contribution < -0.4 is 14.8 Å². The van der Waals surface area contributed by atoms with Crippen LogP contribution in [0.25, 0.3) is 10.9 Å². The van der Waals surface area contributed by atoms with Gasteiger partial charge in [0.05, 0.1) is 19.9 Å². The van der Waals surface area contributed by atoms with Gasteiger partial charge in [0.2, 0.25) is 0 Å². The normalized spacial score (nSPS) is 13.4. The number of nitrogens with one attached hydrogen (secondary N) is 1. The molecule has 0 saturated carbocycles. The van der Waals surface area contributed by atoms with Crippen molar-refractivity contribution < 1.29 is 14.3 Å². The molecule has 1 N–H and O–H groups in total. The van der Waals surface area contributed by atoms with E-state index in [4.69, 9.17) is 9.47 Å². The Balaban J connectivity index is 1.58. The largest absolute Gasteiger partial charge is 0.497 e. The number of carbonyl (C=O) groups excluding carboxylic acids is 1. The number of anilines is 1. The number of methoxy groups -OCH3 is 2. The minimum atomic E-state index is -0.129. The van der Waals surface area contributed by atoms with E-state index < -0.39 is 0 Å². The maximum atomic E-state index is 13.1. The van der Waals surface area contributed by atoms with Gasteiger partial charge in [-0.15, -0.1) is 0 Å². The van der Waals surface area contributed by atoms with E-state index in [1.807, 2.05) is 11.0 Å². The summed E-state index contributed by atoms with van der Waals surface area (Å²) >= 11 is 0. The van der Waals surface area contributed by atoms with Gasteiger partial charge in [-0.2, -0.15) is 0 Å². The highest BCUT2D eigenvalue weighted by Crippen LogP contribution is 2.32. The van der Waals surface area contributed by atoms with Crippen LogP contribution in [0.4, 0.5) is 10.5 Å². The highest BCUT2D eigenvalue weighted by molar-refractivity contribution is 5.93. The molecule has 0 fully saturated rings. The molecule has 158 valence electrons. The number of hydrogen-bond donors (Lipinski definition) is 1. The number of benzene rings is 2. The molecule has 0 saturated heterocycles. The number of nitrogens with zero attached hydrogens (tertiary/aromatic N) is 2. The van der Waals surface area contributed by atoms with Crippen molar-refractivity contribution in [1.82, 2.24) is 9.47 Å². The summed E-state index contributed by atoms with van der Waals surface area (Å²) in [4.78, 5) is 14.9. The lowest BCUT2D eigenvalue weighted by Gasteiger charge is -2.22. The summed E-state index contributed by atoms with van der Waals surface area (Å²) in [5, 5.41) is 4.30. The zero-order valence-electron chi connectivity index (χ0n) is 18.1. The third-order valence-electron chi connectivity index (χ3n) is 5.58. The first-order chi connectivity index (χ1) is 14.5. The molecule has 1 aromatic heterocycles. The number of carbonyl (C=O) groups is 1. The Hall–Kier alpha value is -3.15. The monoisotopic (exact) mass is 407 g/mol. The number of hydrogen-bond acceptors (Lipinski definition) is 3. The zero-order chi connectivity index (χ0) is 21.3. The first kappa shape index (κ1) is 20.1. The van der Waals surface area contributed by atoms with Crippen molar-refractivity contribution in [2.24, 2.45) is 5.92 Å². The Labute approximate surface area is 177 Å². The third kappa shape index (κ3) is 3.82. The summed E-state index contributed by atoms with van der Waals surface area (Å²) in [5.41, 5.74) is 4.40. The van der Waals surface area contributed by atoms with Gasteiger partial charge in [-0.3, -0.25) is 0 Å². The molecule has 6 nitrogen and oxygen atoms in total. The number of aromatic nitrogens is 1. The van der Waals surface area contributed by atoms with E-state index in [2.05, 4.69) is 48.1 Å². The quantitative estimate of drug-likeness (QED) is 0.654. The summed E-state index contributed by atoms with van der Waals surface area (Å²) in [5.74, 6) is 1.84. The van der Waals surface area contributed by atoms with Gasteiger partial charge in [0.1, 0.15) is 11.5 Å². The standard InChI is InChI=1S/C24H29N3O3/c1-16(2)13-27-15-18-10-11-26(14-17-6-5-7-21(27)23(17)18)24(28)25-20-9-8-19(29-3)12-22(20)30-4/h5-9,12,15-16H,10-11,13-14H2,1-4H3,(H,25,28).